The number of carbonyl (C=O) groups excluding carboxylic acids is 1. The Balaban J connectivity index is 2.68. The molecule has 1 amide bonds. The maximum Gasteiger partial charge on any atom is 0.242 e. The van der Waals surface area contributed by atoms with Crippen molar-refractivity contribution in [3.8, 4) is 0 Å². The smallest absolute Gasteiger partial charge is 0.242 e. The monoisotopic (exact) mass is 238 g/mol. The van der Waals surface area contributed by atoms with E-state index in [4.69, 9.17) is 0 Å². The molecule has 1 aromatic rings. The fourth-order valence-electron chi connectivity index (χ4n) is 1.83. The largest absolute Gasteiger partial charge is 0.337 e. The molecule has 5 nitrogen and oxygen atoms in total. The van der Waals surface area contributed by atoms with Crippen molar-refractivity contribution in [1.82, 2.24) is 19.8 Å². The van der Waals surface area contributed by atoms with E-state index in [9.17, 15) is 4.79 Å². The highest BCUT2D eigenvalue weighted by Crippen LogP contribution is 2.09. The van der Waals surface area contributed by atoms with Crippen molar-refractivity contribution in [3.05, 3.63) is 18.2 Å². The van der Waals surface area contributed by atoms with Gasteiger partial charge >= 0.3 is 0 Å². The molecule has 1 rings (SSSR count). The topological polar surface area (TPSA) is 50.2 Å². The third-order valence-corrected chi connectivity index (χ3v) is 2.80. The number of rotatable bonds is 5. The fourth-order valence-corrected chi connectivity index (χ4v) is 1.83. The number of imidazole rings is 1. The predicted octanol–water partition coefficient (Wildman–Crippen LogP) is 0.767. The Kier molecular flexibility index (Phi) is 4.28. The molecule has 0 aliphatic heterocycles. The van der Waals surface area contributed by atoms with Gasteiger partial charge in [0, 0.05) is 26.5 Å². The van der Waals surface area contributed by atoms with Crippen LogP contribution in [0.1, 0.15) is 26.6 Å². The average Bonchev–Trinajstić information content (AvgIpc) is 2.63. The van der Waals surface area contributed by atoms with E-state index in [1.165, 1.54) is 0 Å². The lowest BCUT2D eigenvalue weighted by atomic mass is 10.0. The van der Waals surface area contributed by atoms with E-state index in [-0.39, 0.29) is 5.91 Å². The SMILES string of the molecule is CCNC(C)(C)C(=O)N(C)Cc1nccn1C. The Hall–Kier alpha value is -1.36. The standard InChI is InChI=1S/C12H22N4O/c1-6-14-12(2,3)11(17)16(5)9-10-13-7-8-15(10)4/h7-8,14H,6,9H2,1-5H3. The highest BCUT2D eigenvalue weighted by atomic mass is 16.2. The molecule has 0 radical (unpaired) electrons. The molecule has 0 aliphatic rings. The van der Waals surface area contributed by atoms with E-state index >= 15 is 0 Å². The van der Waals surface area contributed by atoms with Gasteiger partial charge in [-0.15, -0.1) is 0 Å². The lowest BCUT2D eigenvalue weighted by molar-refractivity contribution is -0.136. The van der Waals surface area contributed by atoms with Gasteiger partial charge in [0.25, 0.3) is 0 Å². The molecule has 1 aromatic heterocycles. The Labute approximate surface area is 103 Å². The number of hydrogen-bond acceptors (Lipinski definition) is 3. The van der Waals surface area contributed by atoms with Gasteiger partial charge in [0.2, 0.25) is 5.91 Å². The lowest BCUT2D eigenvalue weighted by Crippen LogP contribution is -2.52. The summed E-state index contributed by atoms with van der Waals surface area (Å²) in [6, 6.07) is 0. The van der Waals surface area contributed by atoms with Crippen LogP contribution in [0.25, 0.3) is 0 Å². The first kappa shape index (κ1) is 13.7. The Bertz CT molecular complexity index is 384. The zero-order chi connectivity index (χ0) is 13.1. The molecular formula is C12H22N4O. The van der Waals surface area contributed by atoms with E-state index in [0.717, 1.165) is 12.4 Å². The van der Waals surface area contributed by atoms with Gasteiger partial charge in [-0.05, 0) is 20.4 Å². The first-order valence-corrected chi connectivity index (χ1v) is 5.85. The second-order valence-corrected chi connectivity index (χ2v) is 4.77. The van der Waals surface area contributed by atoms with Gasteiger partial charge in [-0.1, -0.05) is 6.92 Å². The van der Waals surface area contributed by atoms with Gasteiger partial charge in [-0.2, -0.15) is 0 Å². The third-order valence-electron chi connectivity index (χ3n) is 2.80. The fraction of sp³-hybridized carbons (Fsp3) is 0.667. The summed E-state index contributed by atoms with van der Waals surface area (Å²) in [5, 5.41) is 3.18. The van der Waals surface area contributed by atoms with E-state index < -0.39 is 5.54 Å². The number of aryl methyl sites for hydroxylation is 1. The van der Waals surface area contributed by atoms with Crippen molar-refractivity contribution in [1.29, 1.82) is 0 Å². The van der Waals surface area contributed by atoms with Crippen LogP contribution in [0.3, 0.4) is 0 Å². The Morgan fingerprint density at radius 2 is 2.24 bits per heavy atom. The summed E-state index contributed by atoms with van der Waals surface area (Å²) >= 11 is 0. The average molecular weight is 238 g/mol. The van der Waals surface area contributed by atoms with Crippen molar-refractivity contribution in [2.24, 2.45) is 7.05 Å². The molecule has 5 heteroatoms. The maximum atomic E-state index is 12.2. The van der Waals surface area contributed by atoms with Crippen molar-refractivity contribution in [2.45, 2.75) is 32.9 Å². The Morgan fingerprint density at radius 3 is 2.71 bits per heavy atom. The first-order valence-electron chi connectivity index (χ1n) is 5.85. The van der Waals surface area contributed by atoms with E-state index in [1.807, 2.05) is 38.6 Å². The van der Waals surface area contributed by atoms with E-state index in [1.54, 1.807) is 18.1 Å². The van der Waals surface area contributed by atoms with E-state index in [0.29, 0.717) is 6.54 Å². The van der Waals surface area contributed by atoms with Crippen molar-refractivity contribution < 1.29 is 4.79 Å². The minimum Gasteiger partial charge on any atom is -0.337 e. The molecule has 1 N–H and O–H groups in total. The number of aromatic nitrogens is 2. The predicted molar refractivity (Wildman–Crippen MR) is 67.4 cm³/mol. The van der Waals surface area contributed by atoms with E-state index in [2.05, 4.69) is 10.3 Å². The Morgan fingerprint density at radius 1 is 1.59 bits per heavy atom. The normalized spacial score (nSPS) is 11.6. The van der Waals surface area contributed by atoms with Crippen molar-refractivity contribution in [3.63, 3.8) is 0 Å². The maximum absolute atomic E-state index is 12.2. The van der Waals surface area contributed by atoms with Crippen LogP contribution in [0.4, 0.5) is 0 Å². The summed E-state index contributed by atoms with van der Waals surface area (Å²) in [6.45, 7) is 7.08. The second kappa shape index (κ2) is 5.31. The zero-order valence-electron chi connectivity index (χ0n) is 11.3. The minimum absolute atomic E-state index is 0.0716. The van der Waals surface area contributed by atoms with Gasteiger partial charge in [0.15, 0.2) is 0 Å². The molecule has 0 atom stereocenters. The van der Waals surface area contributed by atoms with Crippen molar-refractivity contribution >= 4 is 5.91 Å². The van der Waals surface area contributed by atoms with Gasteiger partial charge in [-0.3, -0.25) is 4.79 Å². The molecule has 17 heavy (non-hydrogen) atoms. The van der Waals surface area contributed by atoms with Crippen LogP contribution in [-0.4, -0.2) is 39.5 Å². The summed E-state index contributed by atoms with van der Waals surface area (Å²) in [7, 11) is 3.73. The highest BCUT2D eigenvalue weighted by Gasteiger charge is 2.29. The summed E-state index contributed by atoms with van der Waals surface area (Å²) in [5.74, 6) is 0.954. The highest BCUT2D eigenvalue weighted by molar-refractivity contribution is 5.85. The summed E-state index contributed by atoms with van der Waals surface area (Å²) in [5.41, 5.74) is -0.533. The molecule has 96 valence electrons. The zero-order valence-corrected chi connectivity index (χ0v) is 11.3. The number of nitrogens with one attached hydrogen (secondary N) is 1. The lowest BCUT2D eigenvalue weighted by Gasteiger charge is -2.29. The molecular weight excluding hydrogens is 216 g/mol. The summed E-state index contributed by atoms with van der Waals surface area (Å²) in [6.07, 6.45) is 3.62. The molecule has 0 unspecified atom stereocenters. The molecule has 1 heterocycles. The molecule has 0 bridgehead atoms. The third kappa shape index (κ3) is 3.30. The van der Waals surface area contributed by atoms with Crippen LogP contribution in [0.5, 0.6) is 0 Å². The van der Waals surface area contributed by atoms with Crippen LogP contribution >= 0.6 is 0 Å². The van der Waals surface area contributed by atoms with Crippen molar-refractivity contribution in [2.75, 3.05) is 13.6 Å². The quantitative estimate of drug-likeness (QED) is 0.824. The molecule has 0 saturated carbocycles. The second-order valence-electron chi connectivity index (χ2n) is 4.77. The first-order chi connectivity index (χ1) is 7.88. The van der Waals surface area contributed by atoms with Crippen LogP contribution in [0.15, 0.2) is 12.4 Å². The van der Waals surface area contributed by atoms with Gasteiger partial charge < -0.3 is 14.8 Å². The number of carbonyl (C=O) groups is 1. The molecule has 0 spiro atoms. The molecule has 0 fully saturated rings. The van der Waals surface area contributed by atoms with Gasteiger partial charge in [0.05, 0.1) is 12.1 Å². The minimum atomic E-state index is -0.533. The summed E-state index contributed by atoms with van der Waals surface area (Å²) < 4.78 is 1.92. The molecule has 0 aromatic carbocycles. The van der Waals surface area contributed by atoms with Gasteiger partial charge in [0.1, 0.15) is 5.82 Å². The van der Waals surface area contributed by atoms with Crippen LogP contribution in [0, 0.1) is 0 Å². The molecule has 0 aliphatic carbocycles. The number of hydrogen-bond donors (Lipinski definition) is 1. The number of nitrogens with zero attached hydrogens (tertiary/aromatic N) is 3. The van der Waals surface area contributed by atoms with Gasteiger partial charge in [-0.25, -0.2) is 4.98 Å². The number of amides is 1. The number of likely N-dealkylation sites (N-methyl/N-ethyl adjacent to an activating group) is 2. The van der Waals surface area contributed by atoms with Crippen LogP contribution in [0.2, 0.25) is 0 Å². The van der Waals surface area contributed by atoms with Crippen LogP contribution < -0.4 is 5.32 Å². The summed E-state index contributed by atoms with van der Waals surface area (Å²) in [4.78, 5) is 18.1. The van der Waals surface area contributed by atoms with Crippen LogP contribution in [-0.2, 0) is 18.4 Å². The molecule has 0 saturated heterocycles.